The van der Waals surface area contributed by atoms with E-state index in [1.165, 1.54) is 6.33 Å². The van der Waals surface area contributed by atoms with Crippen LogP contribution in [0.1, 0.15) is 36.1 Å². The van der Waals surface area contributed by atoms with Crippen LogP contribution in [0.3, 0.4) is 0 Å². The van der Waals surface area contributed by atoms with Gasteiger partial charge in [-0.25, -0.2) is 4.98 Å². The third-order valence-electron chi connectivity index (χ3n) is 7.92. The Morgan fingerprint density at radius 1 is 0.925 bits per heavy atom. The van der Waals surface area contributed by atoms with Gasteiger partial charge < -0.3 is 35.4 Å². The van der Waals surface area contributed by atoms with Crippen LogP contribution in [0.4, 0.5) is 11.8 Å². The molecule has 6 rings (SSSR count). The van der Waals surface area contributed by atoms with Gasteiger partial charge in [0, 0.05) is 19.0 Å². The fourth-order valence-electron chi connectivity index (χ4n) is 5.74. The Labute approximate surface area is 231 Å². The minimum atomic E-state index is -1.28. The molecule has 2 aliphatic rings. The predicted octanol–water partition coefficient (Wildman–Crippen LogP) is 1.64. The highest BCUT2D eigenvalue weighted by Gasteiger charge is 2.44. The average molecular weight is 547 g/mol. The Kier molecular flexibility index (Phi) is 7.63. The highest BCUT2D eigenvalue weighted by molar-refractivity contribution is 5.84. The maximum absolute atomic E-state index is 10.7. The number of aliphatic hydroxyl groups excluding tert-OH is 4. The molecule has 2 saturated heterocycles. The van der Waals surface area contributed by atoms with Gasteiger partial charge in [0.05, 0.1) is 25.6 Å². The number of hydrogen-bond acceptors (Lipinski definition) is 10. The Morgan fingerprint density at radius 3 is 2.25 bits per heavy atom. The number of imidazole rings is 1. The van der Waals surface area contributed by atoms with E-state index in [0.717, 1.165) is 24.0 Å². The molecule has 40 heavy (non-hydrogen) atoms. The lowest BCUT2D eigenvalue weighted by molar-refractivity contribution is -0.0511. The largest absolute Gasteiger partial charge is 0.394 e. The van der Waals surface area contributed by atoms with Crippen molar-refractivity contribution in [2.24, 2.45) is 0 Å². The van der Waals surface area contributed by atoms with Gasteiger partial charge in [-0.2, -0.15) is 9.97 Å². The summed E-state index contributed by atoms with van der Waals surface area (Å²) < 4.78 is 7.36. The molecule has 0 radical (unpaired) electrons. The van der Waals surface area contributed by atoms with E-state index in [2.05, 4.69) is 34.6 Å². The molecule has 2 aliphatic heterocycles. The van der Waals surface area contributed by atoms with Gasteiger partial charge in [-0.05, 0) is 24.0 Å². The van der Waals surface area contributed by atoms with Crippen LogP contribution in [-0.2, 0) is 4.74 Å². The summed E-state index contributed by atoms with van der Waals surface area (Å²) in [6.07, 6.45) is -1.18. The topological polar surface area (TPSA) is 149 Å². The minimum absolute atomic E-state index is 0.0116. The normalized spacial score (nSPS) is 24.8. The smallest absolute Gasteiger partial charge is 0.229 e. The molecule has 2 aromatic carbocycles. The third kappa shape index (κ3) is 4.91. The van der Waals surface area contributed by atoms with Crippen molar-refractivity contribution in [1.29, 1.82) is 0 Å². The van der Waals surface area contributed by atoms with Crippen molar-refractivity contribution in [3.63, 3.8) is 0 Å². The van der Waals surface area contributed by atoms with E-state index in [-0.39, 0.29) is 18.6 Å². The fourth-order valence-corrected chi connectivity index (χ4v) is 5.74. The summed E-state index contributed by atoms with van der Waals surface area (Å²) in [6.45, 7) is 0.793. The van der Waals surface area contributed by atoms with Crippen molar-refractivity contribution < 1.29 is 25.2 Å². The first-order valence-electron chi connectivity index (χ1n) is 13.7. The first kappa shape index (κ1) is 26.6. The maximum atomic E-state index is 10.7. The number of aliphatic hydroxyl groups is 4. The number of anilines is 2. The van der Waals surface area contributed by atoms with Crippen LogP contribution in [-0.4, -0.2) is 90.6 Å². The Bertz CT molecular complexity index is 1380. The molecule has 0 spiro atoms. The molecule has 2 aromatic heterocycles. The van der Waals surface area contributed by atoms with E-state index in [1.807, 2.05) is 41.3 Å². The van der Waals surface area contributed by atoms with E-state index in [0.29, 0.717) is 36.0 Å². The van der Waals surface area contributed by atoms with Gasteiger partial charge in [0.15, 0.2) is 23.2 Å². The Balaban J connectivity index is 1.40. The lowest BCUT2D eigenvalue weighted by Gasteiger charge is -2.25. The second-order valence-corrected chi connectivity index (χ2v) is 10.4. The van der Waals surface area contributed by atoms with E-state index in [4.69, 9.17) is 14.7 Å². The number of ether oxygens (including phenoxy) is 1. The second kappa shape index (κ2) is 11.5. The Hall–Kier alpha value is -3.61. The first-order valence-corrected chi connectivity index (χ1v) is 13.7. The van der Waals surface area contributed by atoms with Gasteiger partial charge in [0.25, 0.3) is 0 Å². The van der Waals surface area contributed by atoms with Crippen molar-refractivity contribution in [3.8, 4) is 0 Å². The molecule has 0 bridgehead atoms. The third-order valence-corrected chi connectivity index (χ3v) is 7.92. The summed E-state index contributed by atoms with van der Waals surface area (Å²) in [6, 6.07) is 20.4. The van der Waals surface area contributed by atoms with Crippen molar-refractivity contribution >= 4 is 22.9 Å². The van der Waals surface area contributed by atoms with E-state index in [9.17, 15) is 20.4 Å². The summed E-state index contributed by atoms with van der Waals surface area (Å²) in [4.78, 5) is 16.2. The van der Waals surface area contributed by atoms with Gasteiger partial charge in [-0.15, -0.1) is 0 Å². The van der Waals surface area contributed by atoms with Crippen molar-refractivity contribution in [3.05, 3.63) is 78.1 Å². The van der Waals surface area contributed by atoms with Crippen LogP contribution in [0.5, 0.6) is 0 Å². The standard InChI is InChI=1S/C29H34N6O5/c36-15-20-12-7-13-34(20)29-32-26(30-14-21(18-8-3-1-4-9-18)19-10-5-2-6-11-19)23-27(33-29)35(17-31-23)28-25(39)24(38)22(16-37)40-28/h1-6,8-11,17,20-22,24-25,28,36-39H,7,12-16H2,(H,30,32,33)/t20-,22+,24+,25+,28+/m0/s1. The molecule has 5 atom stereocenters. The van der Waals surface area contributed by atoms with Gasteiger partial charge in [0.2, 0.25) is 5.95 Å². The number of fused-ring (bicyclic) bond motifs is 1. The molecular weight excluding hydrogens is 512 g/mol. The first-order chi connectivity index (χ1) is 19.6. The summed E-state index contributed by atoms with van der Waals surface area (Å²) in [5.41, 5.74) is 3.22. The summed E-state index contributed by atoms with van der Waals surface area (Å²) >= 11 is 0. The van der Waals surface area contributed by atoms with Crippen LogP contribution in [0.25, 0.3) is 11.2 Å². The zero-order valence-electron chi connectivity index (χ0n) is 22.0. The highest BCUT2D eigenvalue weighted by atomic mass is 16.6. The average Bonchev–Trinajstić information content (AvgIpc) is 3.72. The SMILES string of the molecule is OC[C@@H]1CCCN1c1nc(NCC(c2ccccc2)c2ccccc2)c2ncn([C@@H]3O[C@H](CO)[C@@H](O)[C@H]3O)c2n1. The number of benzene rings is 2. The van der Waals surface area contributed by atoms with E-state index >= 15 is 0 Å². The molecule has 0 unspecified atom stereocenters. The molecule has 4 aromatic rings. The van der Waals surface area contributed by atoms with Crippen LogP contribution in [0, 0.1) is 0 Å². The van der Waals surface area contributed by atoms with Crippen LogP contribution in [0.15, 0.2) is 67.0 Å². The lowest BCUT2D eigenvalue weighted by atomic mass is 9.91. The van der Waals surface area contributed by atoms with E-state index < -0.39 is 31.1 Å². The molecule has 4 heterocycles. The second-order valence-electron chi connectivity index (χ2n) is 10.4. The molecule has 11 nitrogen and oxygen atoms in total. The van der Waals surface area contributed by atoms with Gasteiger partial charge in [-0.1, -0.05) is 60.7 Å². The zero-order chi connectivity index (χ0) is 27.6. The lowest BCUT2D eigenvalue weighted by Crippen LogP contribution is -2.34. The summed E-state index contributed by atoms with van der Waals surface area (Å²) in [5.74, 6) is 0.998. The predicted molar refractivity (Wildman–Crippen MR) is 149 cm³/mol. The molecule has 2 fully saturated rings. The van der Waals surface area contributed by atoms with Gasteiger partial charge in [0.1, 0.15) is 18.3 Å². The van der Waals surface area contributed by atoms with Crippen molar-refractivity contribution in [2.45, 2.75) is 49.3 Å². The van der Waals surface area contributed by atoms with Crippen molar-refractivity contribution in [1.82, 2.24) is 19.5 Å². The molecule has 210 valence electrons. The number of hydrogen-bond donors (Lipinski definition) is 5. The fraction of sp³-hybridized carbons (Fsp3) is 0.414. The number of nitrogens with one attached hydrogen (secondary N) is 1. The maximum Gasteiger partial charge on any atom is 0.229 e. The summed E-state index contributed by atoms with van der Waals surface area (Å²) in [5, 5.41) is 44.2. The van der Waals surface area contributed by atoms with Crippen LogP contribution < -0.4 is 10.2 Å². The molecular formula is C29H34N6O5. The number of nitrogens with zero attached hydrogens (tertiary/aromatic N) is 5. The Morgan fingerprint density at radius 2 is 1.62 bits per heavy atom. The van der Waals surface area contributed by atoms with Crippen molar-refractivity contribution in [2.75, 3.05) is 36.5 Å². The highest BCUT2D eigenvalue weighted by Crippen LogP contribution is 2.34. The molecule has 5 N–H and O–H groups in total. The van der Waals surface area contributed by atoms with Crippen LogP contribution in [0.2, 0.25) is 0 Å². The number of aromatic nitrogens is 4. The molecule has 0 amide bonds. The zero-order valence-corrected chi connectivity index (χ0v) is 22.0. The molecule has 0 saturated carbocycles. The van der Waals surface area contributed by atoms with E-state index in [1.54, 1.807) is 4.57 Å². The van der Waals surface area contributed by atoms with Gasteiger partial charge >= 0.3 is 0 Å². The van der Waals surface area contributed by atoms with Gasteiger partial charge in [-0.3, -0.25) is 4.57 Å². The molecule has 0 aliphatic carbocycles. The summed E-state index contributed by atoms with van der Waals surface area (Å²) in [7, 11) is 0. The monoisotopic (exact) mass is 546 g/mol. The molecule has 11 heteroatoms. The minimum Gasteiger partial charge on any atom is -0.394 e. The van der Waals surface area contributed by atoms with Crippen LogP contribution >= 0.6 is 0 Å². The number of rotatable bonds is 9. The quantitative estimate of drug-likeness (QED) is 0.210.